The van der Waals surface area contributed by atoms with Gasteiger partial charge in [-0.15, -0.1) is 0 Å². The van der Waals surface area contributed by atoms with E-state index in [2.05, 4.69) is 26.4 Å². The molecule has 0 amide bonds. The van der Waals surface area contributed by atoms with Crippen LogP contribution in [0, 0.1) is 6.92 Å². The summed E-state index contributed by atoms with van der Waals surface area (Å²) in [6.45, 7) is 2.92. The zero-order valence-electron chi connectivity index (χ0n) is 11.6. The van der Waals surface area contributed by atoms with Crippen molar-refractivity contribution in [2.75, 3.05) is 11.9 Å². The van der Waals surface area contributed by atoms with Crippen molar-refractivity contribution >= 4 is 26.8 Å². The molecule has 0 bridgehead atoms. The van der Waals surface area contributed by atoms with Gasteiger partial charge in [-0.25, -0.2) is 9.67 Å². The Balaban J connectivity index is 1.56. The van der Waals surface area contributed by atoms with E-state index in [1.54, 1.807) is 11.3 Å². The second-order valence-electron chi connectivity index (χ2n) is 4.73. The molecule has 0 aliphatic carbocycles. The van der Waals surface area contributed by atoms with Crippen LogP contribution in [0.2, 0.25) is 0 Å². The number of thiazole rings is 1. The van der Waals surface area contributed by atoms with Gasteiger partial charge in [-0.1, -0.05) is 17.4 Å². The molecule has 20 heavy (non-hydrogen) atoms. The summed E-state index contributed by atoms with van der Waals surface area (Å²) >= 11 is 1.67. The summed E-state index contributed by atoms with van der Waals surface area (Å²) in [6.07, 6.45) is 3.87. The van der Waals surface area contributed by atoms with E-state index in [1.807, 2.05) is 37.0 Å². The molecule has 3 rings (SSSR count). The molecule has 0 atom stereocenters. The summed E-state index contributed by atoms with van der Waals surface area (Å²) in [6, 6.07) is 6.03. The molecule has 0 fully saturated rings. The van der Waals surface area contributed by atoms with Gasteiger partial charge in [0.25, 0.3) is 0 Å². The first kappa shape index (κ1) is 13.1. The molecule has 3 aromatic rings. The van der Waals surface area contributed by atoms with Crippen molar-refractivity contribution in [1.82, 2.24) is 19.7 Å². The fourth-order valence-corrected chi connectivity index (χ4v) is 3.13. The van der Waals surface area contributed by atoms with Crippen LogP contribution in [0.15, 0.2) is 24.4 Å². The first-order valence-corrected chi connectivity index (χ1v) is 7.49. The van der Waals surface area contributed by atoms with Crippen LogP contribution < -0.4 is 5.32 Å². The summed E-state index contributed by atoms with van der Waals surface area (Å²) in [5, 5.41) is 8.71. The number of aryl methyl sites for hydroxylation is 3. The van der Waals surface area contributed by atoms with Crippen molar-refractivity contribution in [3.63, 3.8) is 0 Å². The van der Waals surface area contributed by atoms with Gasteiger partial charge >= 0.3 is 0 Å². The van der Waals surface area contributed by atoms with Crippen molar-refractivity contribution in [3.05, 3.63) is 35.8 Å². The van der Waals surface area contributed by atoms with Crippen LogP contribution in [0.4, 0.5) is 5.13 Å². The molecule has 0 spiro atoms. The number of nitrogens with zero attached hydrogens (tertiary/aromatic N) is 4. The van der Waals surface area contributed by atoms with Gasteiger partial charge in [-0.05, 0) is 31.9 Å². The fraction of sp³-hybridized carbons (Fsp3) is 0.357. The predicted molar refractivity (Wildman–Crippen MR) is 82.2 cm³/mol. The topological polar surface area (TPSA) is 55.6 Å². The van der Waals surface area contributed by atoms with E-state index < -0.39 is 0 Å². The summed E-state index contributed by atoms with van der Waals surface area (Å²) in [5.41, 5.74) is 3.14. The van der Waals surface area contributed by atoms with Gasteiger partial charge in [0.2, 0.25) is 0 Å². The third-order valence-corrected chi connectivity index (χ3v) is 4.27. The SMILES string of the molecule is Cc1nn(C)c2nc(NCCCc3ccccn3)sc12. The van der Waals surface area contributed by atoms with Gasteiger partial charge < -0.3 is 5.32 Å². The normalized spacial score (nSPS) is 11.1. The lowest BCUT2D eigenvalue weighted by atomic mass is 10.2. The lowest BCUT2D eigenvalue weighted by Crippen LogP contribution is -2.03. The highest BCUT2D eigenvalue weighted by Gasteiger charge is 2.11. The lowest BCUT2D eigenvalue weighted by Gasteiger charge is -2.02. The molecule has 0 radical (unpaired) electrons. The molecule has 0 saturated carbocycles. The number of nitrogens with one attached hydrogen (secondary N) is 1. The van der Waals surface area contributed by atoms with Crippen LogP contribution in [0.1, 0.15) is 17.8 Å². The van der Waals surface area contributed by atoms with E-state index in [4.69, 9.17) is 0 Å². The summed E-state index contributed by atoms with van der Waals surface area (Å²) in [7, 11) is 1.93. The zero-order valence-corrected chi connectivity index (χ0v) is 12.4. The van der Waals surface area contributed by atoms with Crippen LogP contribution in [0.3, 0.4) is 0 Å². The summed E-state index contributed by atoms with van der Waals surface area (Å²) in [5.74, 6) is 0. The summed E-state index contributed by atoms with van der Waals surface area (Å²) in [4.78, 5) is 8.89. The van der Waals surface area contributed by atoms with Gasteiger partial charge in [0, 0.05) is 25.5 Å². The first-order chi connectivity index (χ1) is 9.74. The van der Waals surface area contributed by atoms with Crippen molar-refractivity contribution in [2.45, 2.75) is 19.8 Å². The number of rotatable bonds is 5. The van der Waals surface area contributed by atoms with Gasteiger partial charge in [-0.2, -0.15) is 5.10 Å². The fourth-order valence-electron chi connectivity index (χ4n) is 2.17. The van der Waals surface area contributed by atoms with E-state index in [1.165, 1.54) is 4.70 Å². The van der Waals surface area contributed by atoms with Gasteiger partial charge in [-0.3, -0.25) is 4.98 Å². The lowest BCUT2D eigenvalue weighted by molar-refractivity contribution is 0.773. The van der Waals surface area contributed by atoms with Crippen molar-refractivity contribution in [3.8, 4) is 0 Å². The maximum absolute atomic E-state index is 4.57. The minimum absolute atomic E-state index is 0.906. The Bertz CT molecular complexity index is 667. The van der Waals surface area contributed by atoms with Crippen LogP contribution in [-0.4, -0.2) is 26.3 Å². The Morgan fingerprint density at radius 1 is 1.35 bits per heavy atom. The quantitative estimate of drug-likeness (QED) is 0.733. The number of aromatic nitrogens is 4. The van der Waals surface area contributed by atoms with Crippen LogP contribution in [-0.2, 0) is 13.5 Å². The summed E-state index contributed by atoms with van der Waals surface area (Å²) < 4.78 is 3.00. The highest BCUT2D eigenvalue weighted by atomic mass is 32.1. The molecule has 3 aromatic heterocycles. The van der Waals surface area contributed by atoms with E-state index in [0.29, 0.717) is 0 Å². The van der Waals surface area contributed by atoms with Gasteiger partial charge in [0.1, 0.15) is 0 Å². The highest BCUT2D eigenvalue weighted by Crippen LogP contribution is 2.27. The Labute approximate surface area is 121 Å². The Morgan fingerprint density at radius 2 is 2.25 bits per heavy atom. The minimum atomic E-state index is 0.906. The maximum atomic E-state index is 4.57. The van der Waals surface area contributed by atoms with E-state index >= 15 is 0 Å². The molecular formula is C14H17N5S. The molecule has 0 aliphatic rings. The number of hydrogen-bond acceptors (Lipinski definition) is 5. The standard InChI is InChI=1S/C14H17N5S/c1-10-12-13(19(2)18-10)17-14(20-12)16-9-5-7-11-6-3-4-8-15-11/h3-4,6,8H,5,7,9H2,1-2H3,(H,16,17). The predicted octanol–water partition coefficient (Wildman–Crippen LogP) is 2.78. The first-order valence-electron chi connectivity index (χ1n) is 6.68. The van der Waals surface area contributed by atoms with Crippen molar-refractivity contribution in [1.29, 1.82) is 0 Å². The van der Waals surface area contributed by atoms with Crippen LogP contribution >= 0.6 is 11.3 Å². The number of hydrogen-bond donors (Lipinski definition) is 1. The number of fused-ring (bicyclic) bond motifs is 1. The third kappa shape index (κ3) is 2.65. The van der Waals surface area contributed by atoms with E-state index in [0.717, 1.165) is 41.6 Å². The average Bonchev–Trinajstić information content (AvgIpc) is 2.98. The average molecular weight is 287 g/mol. The molecule has 0 aromatic carbocycles. The molecular weight excluding hydrogens is 270 g/mol. The third-order valence-electron chi connectivity index (χ3n) is 3.16. The Kier molecular flexibility index (Phi) is 3.64. The van der Waals surface area contributed by atoms with Gasteiger partial charge in [0.05, 0.1) is 10.4 Å². The minimum Gasteiger partial charge on any atom is -0.361 e. The smallest absolute Gasteiger partial charge is 0.185 e. The zero-order chi connectivity index (χ0) is 13.9. The van der Waals surface area contributed by atoms with Crippen molar-refractivity contribution < 1.29 is 0 Å². The molecule has 5 nitrogen and oxygen atoms in total. The monoisotopic (exact) mass is 287 g/mol. The van der Waals surface area contributed by atoms with Crippen molar-refractivity contribution in [2.24, 2.45) is 7.05 Å². The van der Waals surface area contributed by atoms with Crippen LogP contribution in [0.5, 0.6) is 0 Å². The Morgan fingerprint density at radius 3 is 3.00 bits per heavy atom. The molecule has 6 heteroatoms. The van der Waals surface area contributed by atoms with Crippen LogP contribution in [0.25, 0.3) is 10.3 Å². The van der Waals surface area contributed by atoms with Gasteiger partial charge in [0.15, 0.2) is 10.8 Å². The van der Waals surface area contributed by atoms with E-state index in [9.17, 15) is 0 Å². The molecule has 3 heterocycles. The number of pyridine rings is 1. The molecule has 0 unspecified atom stereocenters. The second kappa shape index (κ2) is 5.58. The maximum Gasteiger partial charge on any atom is 0.185 e. The van der Waals surface area contributed by atoms with E-state index in [-0.39, 0.29) is 0 Å². The largest absolute Gasteiger partial charge is 0.361 e. The Hall–Kier alpha value is -1.95. The number of anilines is 1. The highest BCUT2D eigenvalue weighted by molar-refractivity contribution is 7.22. The second-order valence-corrected chi connectivity index (χ2v) is 5.73. The molecule has 0 saturated heterocycles. The molecule has 104 valence electrons. The molecule has 1 N–H and O–H groups in total. The molecule has 0 aliphatic heterocycles.